The molecule has 0 aliphatic heterocycles. The number of rotatable bonds is 3. The first-order valence-corrected chi connectivity index (χ1v) is 7.81. The Morgan fingerprint density at radius 1 is 1.00 bits per heavy atom. The Balaban J connectivity index is 2.73. The highest BCUT2D eigenvalue weighted by Crippen LogP contribution is 2.42. The second-order valence-corrected chi connectivity index (χ2v) is 7.95. The van der Waals surface area contributed by atoms with E-state index in [1.54, 1.807) is 0 Å². The number of hydrogen-bond acceptors (Lipinski definition) is 0. The second-order valence-electron chi connectivity index (χ2n) is 7.95. The van der Waals surface area contributed by atoms with Crippen LogP contribution in [0.15, 0.2) is 0 Å². The zero-order chi connectivity index (χ0) is 13.1. The van der Waals surface area contributed by atoms with Crippen molar-refractivity contribution in [3.05, 3.63) is 0 Å². The lowest BCUT2D eigenvalue weighted by molar-refractivity contribution is 0.124. The maximum atomic E-state index is 2.51. The monoisotopic (exact) mass is 238 g/mol. The van der Waals surface area contributed by atoms with E-state index in [0.717, 1.165) is 23.7 Å². The van der Waals surface area contributed by atoms with E-state index >= 15 is 0 Å². The molecule has 0 bridgehead atoms. The van der Waals surface area contributed by atoms with Gasteiger partial charge in [-0.05, 0) is 41.9 Å². The average Bonchev–Trinajstić information content (AvgIpc) is 2.38. The summed E-state index contributed by atoms with van der Waals surface area (Å²) >= 11 is 0. The molecule has 0 saturated heterocycles. The highest BCUT2D eigenvalue weighted by molar-refractivity contribution is 4.82. The first kappa shape index (κ1) is 15.1. The summed E-state index contributed by atoms with van der Waals surface area (Å²) in [6.07, 6.45) is 8.78. The Hall–Kier alpha value is 0. The largest absolute Gasteiger partial charge is 0.0625 e. The van der Waals surface area contributed by atoms with Crippen molar-refractivity contribution < 1.29 is 0 Å². The first-order chi connectivity index (χ1) is 7.81. The average molecular weight is 238 g/mol. The molecule has 0 aromatic rings. The second kappa shape index (κ2) is 6.25. The zero-order valence-corrected chi connectivity index (χ0v) is 13.1. The van der Waals surface area contributed by atoms with E-state index < -0.39 is 0 Å². The Morgan fingerprint density at radius 3 is 2.12 bits per heavy atom. The van der Waals surface area contributed by atoms with Crippen molar-refractivity contribution >= 4 is 0 Å². The molecule has 0 heterocycles. The topological polar surface area (TPSA) is 0 Å². The van der Waals surface area contributed by atoms with Crippen LogP contribution in [-0.4, -0.2) is 0 Å². The van der Waals surface area contributed by atoms with Gasteiger partial charge in [-0.25, -0.2) is 0 Å². The van der Waals surface area contributed by atoms with Crippen molar-refractivity contribution in [3.8, 4) is 0 Å². The molecular weight excluding hydrogens is 204 g/mol. The summed E-state index contributed by atoms with van der Waals surface area (Å²) in [5.41, 5.74) is 0.487. The highest BCUT2D eigenvalue weighted by Gasteiger charge is 2.32. The van der Waals surface area contributed by atoms with Gasteiger partial charge >= 0.3 is 0 Å². The summed E-state index contributed by atoms with van der Waals surface area (Å²) in [7, 11) is 0. The summed E-state index contributed by atoms with van der Waals surface area (Å²) in [5, 5.41) is 0. The SMILES string of the molecule is CC(C)C(CC(C)(C)C)C1CCCCCC1C. The van der Waals surface area contributed by atoms with E-state index in [4.69, 9.17) is 0 Å². The van der Waals surface area contributed by atoms with E-state index in [9.17, 15) is 0 Å². The minimum Gasteiger partial charge on any atom is -0.0625 e. The fourth-order valence-electron chi connectivity index (χ4n) is 3.75. The Morgan fingerprint density at radius 2 is 1.59 bits per heavy atom. The Kier molecular flexibility index (Phi) is 5.54. The standard InChI is InChI=1S/C17H34/c1-13(2)16(12-17(4,5)6)15-11-9-7-8-10-14(15)3/h13-16H,7-12H2,1-6H3. The third-order valence-electron chi connectivity index (χ3n) is 4.68. The smallest absolute Gasteiger partial charge is 0.0355 e. The lowest BCUT2D eigenvalue weighted by Gasteiger charge is -2.37. The minimum atomic E-state index is 0.487. The van der Waals surface area contributed by atoms with Crippen molar-refractivity contribution in [1.82, 2.24) is 0 Å². The van der Waals surface area contributed by atoms with E-state index in [2.05, 4.69) is 41.5 Å². The van der Waals surface area contributed by atoms with E-state index in [0.29, 0.717) is 5.41 Å². The van der Waals surface area contributed by atoms with Crippen LogP contribution >= 0.6 is 0 Å². The van der Waals surface area contributed by atoms with Crippen molar-refractivity contribution in [2.24, 2.45) is 29.1 Å². The third-order valence-corrected chi connectivity index (χ3v) is 4.68. The van der Waals surface area contributed by atoms with Gasteiger partial charge < -0.3 is 0 Å². The van der Waals surface area contributed by atoms with Gasteiger partial charge in [0.15, 0.2) is 0 Å². The first-order valence-electron chi connectivity index (χ1n) is 7.81. The van der Waals surface area contributed by atoms with Gasteiger partial charge in [-0.15, -0.1) is 0 Å². The molecule has 1 fully saturated rings. The zero-order valence-electron chi connectivity index (χ0n) is 13.1. The fraction of sp³-hybridized carbons (Fsp3) is 1.00. The molecule has 0 aromatic heterocycles. The van der Waals surface area contributed by atoms with Crippen LogP contribution in [-0.2, 0) is 0 Å². The van der Waals surface area contributed by atoms with Crippen molar-refractivity contribution in [2.45, 2.75) is 80.1 Å². The molecule has 0 amide bonds. The van der Waals surface area contributed by atoms with Gasteiger partial charge in [-0.2, -0.15) is 0 Å². The van der Waals surface area contributed by atoms with E-state index in [-0.39, 0.29) is 0 Å². The predicted molar refractivity (Wildman–Crippen MR) is 78.1 cm³/mol. The van der Waals surface area contributed by atoms with Crippen molar-refractivity contribution in [2.75, 3.05) is 0 Å². The summed E-state index contributed by atoms with van der Waals surface area (Å²) < 4.78 is 0. The molecular formula is C17H34. The molecule has 0 heteroatoms. The van der Waals surface area contributed by atoms with Crippen LogP contribution in [0.4, 0.5) is 0 Å². The summed E-state index contributed by atoms with van der Waals surface area (Å²) in [6.45, 7) is 14.6. The molecule has 3 unspecified atom stereocenters. The van der Waals surface area contributed by atoms with Crippen LogP contribution in [0.3, 0.4) is 0 Å². The molecule has 0 N–H and O–H groups in total. The van der Waals surface area contributed by atoms with Crippen molar-refractivity contribution in [1.29, 1.82) is 0 Å². The molecule has 102 valence electrons. The van der Waals surface area contributed by atoms with Gasteiger partial charge in [0.1, 0.15) is 0 Å². The Bertz CT molecular complexity index is 209. The van der Waals surface area contributed by atoms with Gasteiger partial charge in [0, 0.05) is 0 Å². The molecule has 1 aliphatic carbocycles. The molecule has 17 heavy (non-hydrogen) atoms. The highest BCUT2D eigenvalue weighted by atomic mass is 14.4. The van der Waals surface area contributed by atoms with Crippen LogP contribution in [0.5, 0.6) is 0 Å². The molecule has 0 aromatic carbocycles. The van der Waals surface area contributed by atoms with Crippen LogP contribution in [0.25, 0.3) is 0 Å². The maximum absolute atomic E-state index is 2.51. The van der Waals surface area contributed by atoms with Gasteiger partial charge in [0.2, 0.25) is 0 Å². The minimum absolute atomic E-state index is 0.487. The molecule has 1 saturated carbocycles. The van der Waals surface area contributed by atoms with Crippen LogP contribution in [0.2, 0.25) is 0 Å². The summed E-state index contributed by atoms with van der Waals surface area (Å²) in [4.78, 5) is 0. The quantitative estimate of drug-likeness (QED) is 0.536. The lowest BCUT2D eigenvalue weighted by Crippen LogP contribution is -2.29. The van der Waals surface area contributed by atoms with Gasteiger partial charge in [0.25, 0.3) is 0 Å². The van der Waals surface area contributed by atoms with Crippen molar-refractivity contribution in [3.63, 3.8) is 0 Å². The third kappa shape index (κ3) is 5.02. The maximum Gasteiger partial charge on any atom is -0.0355 e. The fourth-order valence-corrected chi connectivity index (χ4v) is 3.75. The summed E-state index contributed by atoms with van der Waals surface area (Å²) in [6, 6.07) is 0. The molecule has 0 radical (unpaired) electrons. The lowest BCUT2D eigenvalue weighted by atomic mass is 9.68. The predicted octanol–water partition coefficient (Wildman–Crippen LogP) is 5.91. The molecule has 1 aliphatic rings. The van der Waals surface area contributed by atoms with Crippen LogP contribution in [0.1, 0.15) is 80.1 Å². The number of hydrogen-bond donors (Lipinski definition) is 0. The van der Waals surface area contributed by atoms with E-state index in [1.807, 2.05) is 0 Å². The molecule has 1 rings (SSSR count). The van der Waals surface area contributed by atoms with Gasteiger partial charge in [-0.1, -0.05) is 67.2 Å². The normalized spacial score (nSPS) is 29.1. The molecule has 3 atom stereocenters. The van der Waals surface area contributed by atoms with Crippen LogP contribution in [0, 0.1) is 29.1 Å². The molecule has 0 nitrogen and oxygen atoms in total. The Labute approximate surface area is 110 Å². The van der Waals surface area contributed by atoms with Crippen LogP contribution < -0.4 is 0 Å². The summed E-state index contributed by atoms with van der Waals surface area (Å²) in [5.74, 6) is 3.71. The van der Waals surface area contributed by atoms with E-state index in [1.165, 1.54) is 38.5 Å². The molecule has 0 spiro atoms. The van der Waals surface area contributed by atoms with Gasteiger partial charge in [-0.3, -0.25) is 0 Å². The van der Waals surface area contributed by atoms with Gasteiger partial charge in [0.05, 0.1) is 0 Å².